The minimum absolute atomic E-state index is 0.0180. The average molecular weight is 426 g/mol. The van der Waals surface area contributed by atoms with E-state index < -0.39 is 15.6 Å². The molecule has 2 aliphatic rings. The average Bonchev–Trinajstić information content (AvgIpc) is 2.69. The largest absolute Gasteiger partial charge is 0.352 e. The van der Waals surface area contributed by atoms with Crippen LogP contribution in [0.2, 0.25) is 0 Å². The van der Waals surface area contributed by atoms with Gasteiger partial charge >= 0.3 is 0 Å². The van der Waals surface area contributed by atoms with Crippen molar-refractivity contribution in [1.29, 1.82) is 0 Å². The van der Waals surface area contributed by atoms with Crippen LogP contribution in [-0.4, -0.2) is 56.2 Å². The van der Waals surface area contributed by atoms with Crippen molar-refractivity contribution >= 4 is 16.1 Å². The third-order valence-electron chi connectivity index (χ3n) is 6.23. The Morgan fingerprint density at radius 3 is 2.62 bits per heavy atom. The summed E-state index contributed by atoms with van der Waals surface area (Å²) in [5.41, 5.74) is 0.289. The van der Waals surface area contributed by atoms with Gasteiger partial charge in [0.05, 0.1) is 5.41 Å². The lowest BCUT2D eigenvalue weighted by atomic mass is 9.69. The Hall–Kier alpha value is -1.51. The van der Waals surface area contributed by atoms with Crippen molar-refractivity contribution in [3.05, 3.63) is 35.6 Å². The third kappa shape index (κ3) is 5.16. The quantitative estimate of drug-likeness (QED) is 0.762. The highest BCUT2D eigenvalue weighted by molar-refractivity contribution is 7.86. The van der Waals surface area contributed by atoms with Gasteiger partial charge in [-0.15, -0.1) is 0 Å². The van der Waals surface area contributed by atoms with Gasteiger partial charge in [-0.1, -0.05) is 31.4 Å². The first kappa shape index (κ1) is 22.2. The summed E-state index contributed by atoms with van der Waals surface area (Å²) < 4.78 is 41.2. The van der Waals surface area contributed by atoms with E-state index >= 15 is 0 Å². The number of amides is 1. The molecular formula is C21H32FN3O3S. The minimum atomic E-state index is -3.49. The monoisotopic (exact) mass is 425 g/mol. The molecule has 1 saturated carbocycles. The second-order valence-corrected chi connectivity index (χ2v) is 10.8. The fraction of sp³-hybridized carbons (Fsp3) is 0.667. The second-order valence-electron chi connectivity index (χ2n) is 8.61. The van der Waals surface area contributed by atoms with Crippen molar-refractivity contribution in [2.45, 2.75) is 57.4 Å². The maximum Gasteiger partial charge on any atom is 0.281 e. The van der Waals surface area contributed by atoms with Crippen LogP contribution in [0.1, 0.15) is 50.5 Å². The Bertz CT molecular complexity index is 822. The molecule has 1 amide bonds. The number of rotatable bonds is 6. The van der Waals surface area contributed by atoms with Gasteiger partial charge in [0.2, 0.25) is 5.91 Å². The van der Waals surface area contributed by atoms with Gasteiger partial charge in [-0.05, 0) is 49.8 Å². The van der Waals surface area contributed by atoms with Gasteiger partial charge in [0, 0.05) is 33.2 Å². The van der Waals surface area contributed by atoms with E-state index in [-0.39, 0.29) is 17.8 Å². The zero-order valence-electron chi connectivity index (χ0n) is 17.4. The predicted molar refractivity (Wildman–Crippen MR) is 111 cm³/mol. The van der Waals surface area contributed by atoms with E-state index in [1.807, 2.05) is 6.07 Å². The van der Waals surface area contributed by atoms with Crippen LogP contribution in [-0.2, 0) is 21.4 Å². The van der Waals surface area contributed by atoms with Crippen LogP contribution in [0.15, 0.2) is 24.3 Å². The number of carbonyl (C=O) groups excluding carboxylic acids is 1. The Morgan fingerprint density at radius 2 is 1.97 bits per heavy atom. The fourth-order valence-corrected chi connectivity index (χ4v) is 5.78. The van der Waals surface area contributed by atoms with Crippen LogP contribution >= 0.6 is 0 Å². The molecule has 1 heterocycles. The molecule has 3 rings (SSSR count). The molecule has 29 heavy (non-hydrogen) atoms. The van der Waals surface area contributed by atoms with Crippen molar-refractivity contribution in [3.63, 3.8) is 0 Å². The highest BCUT2D eigenvalue weighted by Gasteiger charge is 2.41. The first-order valence-corrected chi connectivity index (χ1v) is 11.9. The van der Waals surface area contributed by atoms with E-state index in [2.05, 4.69) is 5.32 Å². The topological polar surface area (TPSA) is 69.7 Å². The molecule has 1 aliphatic heterocycles. The van der Waals surface area contributed by atoms with E-state index in [1.54, 1.807) is 6.07 Å². The molecule has 1 aromatic rings. The number of nitrogens with zero attached hydrogens (tertiary/aromatic N) is 2. The van der Waals surface area contributed by atoms with E-state index in [0.717, 1.165) is 50.5 Å². The number of halogens is 1. The van der Waals surface area contributed by atoms with Gasteiger partial charge < -0.3 is 5.32 Å². The summed E-state index contributed by atoms with van der Waals surface area (Å²) in [5, 5.41) is 3.15. The molecule has 1 aliphatic carbocycles. The summed E-state index contributed by atoms with van der Waals surface area (Å²) in [6, 6.07) is 6.29. The standard InChI is InChI=1S/C21H32FN3O3S/c1-24(2)29(27,28)25-13-7-10-19(16-25)23-20(26)21(11-4-3-5-12-21)15-17-8-6-9-18(22)14-17/h6,8-9,14,19H,3-5,7,10-13,15-16H2,1-2H3,(H,23,26)/t19-/m1/s1. The molecule has 1 N–H and O–H groups in total. The zero-order chi connectivity index (χ0) is 21.1. The molecule has 162 valence electrons. The molecule has 0 aromatic heterocycles. The lowest BCUT2D eigenvalue weighted by molar-refractivity contribution is -0.134. The molecule has 1 atom stereocenters. The molecule has 1 aromatic carbocycles. The van der Waals surface area contributed by atoms with Gasteiger partial charge in [-0.25, -0.2) is 4.39 Å². The van der Waals surface area contributed by atoms with Crippen molar-refractivity contribution < 1.29 is 17.6 Å². The summed E-state index contributed by atoms with van der Waals surface area (Å²) in [6.45, 7) is 0.767. The third-order valence-corrected chi connectivity index (χ3v) is 8.14. The molecule has 0 spiro atoms. The first-order valence-electron chi connectivity index (χ1n) is 10.5. The van der Waals surface area contributed by atoms with Crippen LogP contribution in [0.4, 0.5) is 4.39 Å². The number of benzene rings is 1. The van der Waals surface area contributed by atoms with Gasteiger partial charge in [-0.3, -0.25) is 4.79 Å². The van der Waals surface area contributed by atoms with Crippen LogP contribution in [0.25, 0.3) is 0 Å². The number of hydrogen-bond acceptors (Lipinski definition) is 3. The molecule has 0 radical (unpaired) electrons. The summed E-state index contributed by atoms with van der Waals surface area (Å²) in [4.78, 5) is 13.4. The van der Waals surface area contributed by atoms with Crippen molar-refractivity contribution in [2.24, 2.45) is 5.41 Å². The molecule has 0 bridgehead atoms. The van der Waals surface area contributed by atoms with Gasteiger partial charge in [0.25, 0.3) is 10.2 Å². The number of hydrogen-bond donors (Lipinski definition) is 1. The Balaban J connectivity index is 1.73. The van der Waals surface area contributed by atoms with Gasteiger partial charge in [0.1, 0.15) is 5.82 Å². The van der Waals surface area contributed by atoms with E-state index in [0.29, 0.717) is 19.5 Å². The van der Waals surface area contributed by atoms with Gasteiger partial charge in [-0.2, -0.15) is 17.0 Å². The van der Waals surface area contributed by atoms with E-state index in [9.17, 15) is 17.6 Å². The lowest BCUT2D eigenvalue weighted by Crippen LogP contribution is -2.55. The van der Waals surface area contributed by atoms with Crippen molar-refractivity contribution in [2.75, 3.05) is 27.2 Å². The molecule has 2 fully saturated rings. The highest BCUT2D eigenvalue weighted by atomic mass is 32.2. The predicted octanol–water partition coefficient (Wildman–Crippen LogP) is 2.71. The van der Waals surface area contributed by atoms with Crippen molar-refractivity contribution in [1.82, 2.24) is 13.9 Å². The van der Waals surface area contributed by atoms with Crippen LogP contribution in [0.5, 0.6) is 0 Å². The molecule has 6 nitrogen and oxygen atoms in total. The fourth-order valence-electron chi connectivity index (χ4n) is 4.59. The summed E-state index contributed by atoms with van der Waals surface area (Å²) >= 11 is 0. The SMILES string of the molecule is CN(C)S(=O)(=O)N1CCC[C@@H](NC(=O)C2(Cc3cccc(F)c3)CCCCC2)C1. The van der Waals surface area contributed by atoms with Crippen LogP contribution in [0, 0.1) is 11.2 Å². The summed E-state index contributed by atoms with van der Waals surface area (Å²) in [7, 11) is -0.446. The van der Waals surface area contributed by atoms with Crippen LogP contribution in [0.3, 0.4) is 0 Å². The zero-order valence-corrected chi connectivity index (χ0v) is 18.2. The second kappa shape index (κ2) is 9.10. The minimum Gasteiger partial charge on any atom is -0.352 e. The van der Waals surface area contributed by atoms with Gasteiger partial charge in [0.15, 0.2) is 0 Å². The molecule has 1 saturated heterocycles. The number of nitrogens with one attached hydrogen (secondary N) is 1. The molecule has 0 unspecified atom stereocenters. The highest BCUT2D eigenvalue weighted by Crippen LogP contribution is 2.40. The Kier molecular flexibility index (Phi) is 6.96. The Morgan fingerprint density at radius 1 is 1.24 bits per heavy atom. The maximum atomic E-state index is 13.7. The van der Waals surface area contributed by atoms with E-state index in [4.69, 9.17) is 0 Å². The summed E-state index contributed by atoms with van der Waals surface area (Å²) in [5.74, 6) is -0.304. The van der Waals surface area contributed by atoms with E-state index in [1.165, 1.54) is 34.8 Å². The molecule has 8 heteroatoms. The number of piperidine rings is 1. The maximum absolute atomic E-state index is 13.7. The van der Waals surface area contributed by atoms with Crippen molar-refractivity contribution in [3.8, 4) is 0 Å². The van der Waals surface area contributed by atoms with Crippen LogP contribution < -0.4 is 5.32 Å². The first-order chi connectivity index (χ1) is 13.7. The molecular weight excluding hydrogens is 393 g/mol. The smallest absolute Gasteiger partial charge is 0.281 e. The summed E-state index contributed by atoms with van der Waals surface area (Å²) in [6.07, 6.45) is 6.63. The lowest BCUT2D eigenvalue weighted by Gasteiger charge is -2.39. The number of carbonyl (C=O) groups is 1. The normalized spacial score (nSPS) is 23.1. The Labute approximate surface area is 173 Å².